The lowest BCUT2D eigenvalue weighted by molar-refractivity contribution is 0.305. The summed E-state index contributed by atoms with van der Waals surface area (Å²) in [5.41, 5.74) is 2.51. The summed E-state index contributed by atoms with van der Waals surface area (Å²) in [6.45, 7) is 4.16. The largest absolute Gasteiger partial charge is 0.327 e. The van der Waals surface area contributed by atoms with E-state index in [4.69, 9.17) is 33.3 Å². The average Bonchev–Trinajstić information content (AvgIpc) is 2.97. The molecule has 0 aliphatic heterocycles. The zero-order valence-corrected chi connectivity index (χ0v) is 18.7. The number of primary sulfonamides is 1. The van der Waals surface area contributed by atoms with Crippen LogP contribution in [0.25, 0.3) is 11.0 Å². The van der Waals surface area contributed by atoms with Crippen LogP contribution in [-0.2, 0) is 29.7 Å². The molecule has 0 saturated heterocycles. The van der Waals surface area contributed by atoms with Gasteiger partial charge in [-0.25, -0.2) is 18.5 Å². The van der Waals surface area contributed by atoms with Gasteiger partial charge >= 0.3 is 0 Å². The van der Waals surface area contributed by atoms with Gasteiger partial charge in [0.2, 0.25) is 10.0 Å². The van der Waals surface area contributed by atoms with Crippen LogP contribution in [0, 0.1) is 0 Å². The van der Waals surface area contributed by atoms with E-state index in [0.717, 1.165) is 36.3 Å². The maximum atomic E-state index is 11.7. The standard InChI is InChI=1S/C20H24Cl2N4O2S/c1-3-4-9-26-19-8-7-16(29(23,27)28)11-18(19)24-20(26)13-25(2)12-14-5-6-15(21)10-17(14)22/h5-8,10-11H,3-4,9,12-13H2,1-2H3,(H2,23,27,28). The molecule has 0 unspecified atom stereocenters. The van der Waals surface area contributed by atoms with Gasteiger partial charge in [0.05, 0.1) is 22.5 Å². The molecular weight excluding hydrogens is 431 g/mol. The third-order valence-electron chi connectivity index (χ3n) is 4.73. The lowest BCUT2D eigenvalue weighted by Crippen LogP contribution is -2.20. The van der Waals surface area contributed by atoms with Crippen molar-refractivity contribution in [1.82, 2.24) is 14.5 Å². The Morgan fingerprint density at radius 2 is 1.90 bits per heavy atom. The maximum Gasteiger partial charge on any atom is 0.238 e. The molecule has 29 heavy (non-hydrogen) atoms. The summed E-state index contributed by atoms with van der Waals surface area (Å²) >= 11 is 12.3. The quantitative estimate of drug-likeness (QED) is 0.545. The number of aromatic nitrogens is 2. The number of hydrogen-bond donors (Lipinski definition) is 1. The summed E-state index contributed by atoms with van der Waals surface area (Å²) < 4.78 is 25.5. The minimum Gasteiger partial charge on any atom is -0.327 e. The summed E-state index contributed by atoms with van der Waals surface area (Å²) in [7, 11) is -1.78. The Balaban J connectivity index is 1.91. The molecule has 156 valence electrons. The minimum atomic E-state index is -3.77. The van der Waals surface area contributed by atoms with Crippen molar-refractivity contribution in [2.24, 2.45) is 5.14 Å². The first-order valence-corrected chi connectivity index (χ1v) is 11.6. The summed E-state index contributed by atoms with van der Waals surface area (Å²) in [5, 5.41) is 6.50. The van der Waals surface area contributed by atoms with Crippen molar-refractivity contribution >= 4 is 44.3 Å². The van der Waals surface area contributed by atoms with Gasteiger partial charge in [0.1, 0.15) is 5.82 Å². The molecule has 0 bridgehead atoms. The number of fused-ring (bicyclic) bond motifs is 1. The Morgan fingerprint density at radius 1 is 1.14 bits per heavy atom. The molecule has 2 N–H and O–H groups in total. The summed E-state index contributed by atoms with van der Waals surface area (Å²) in [4.78, 5) is 6.88. The van der Waals surface area contributed by atoms with Gasteiger partial charge in [-0.2, -0.15) is 0 Å². The van der Waals surface area contributed by atoms with Crippen LogP contribution in [0.2, 0.25) is 10.0 Å². The van der Waals surface area contributed by atoms with E-state index in [9.17, 15) is 8.42 Å². The monoisotopic (exact) mass is 454 g/mol. The molecule has 0 radical (unpaired) electrons. The molecule has 0 aliphatic carbocycles. The molecule has 0 aliphatic rings. The van der Waals surface area contributed by atoms with Crippen LogP contribution in [-0.4, -0.2) is 29.9 Å². The fraction of sp³-hybridized carbons (Fsp3) is 0.350. The molecule has 6 nitrogen and oxygen atoms in total. The van der Waals surface area contributed by atoms with Gasteiger partial charge in [-0.15, -0.1) is 0 Å². The lowest BCUT2D eigenvalue weighted by atomic mass is 10.2. The zero-order chi connectivity index (χ0) is 21.2. The minimum absolute atomic E-state index is 0.0676. The third-order valence-corrected chi connectivity index (χ3v) is 6.23. The Hall–Kier alpha value is -1.64. The SMILES string of the molecule is CCCCn1c(CN(C)Cc2ccc(Cl)cc2Cl)nc2cc(S(N)(=O)=O)ccc21. The van der Waals surface area contributed by atoms with Gasteiger partial charge in [0.25, 0.3) is 0 Å². The molecule has 0 amide bonds. The van der Waals surface area contributed by atoms with Gasteiger partial charge in [0, 0.05) is 23.1 Å². The lowest BCUT2D eigenvalue weighted by Gasteiger charge is -2.18. The van der Waals surface area contributed by atoms with E-state index in [0.29, 0.717) is 28.7 Å². The van der Waals surface area contributed by atoms with E-state index in [1.807, 2.05) is 19.2 Å². The second-order valence-corrected chi connectivity index (χ2v) is 9.54. The fourth-order valence-electron chi connectivity index (χ4n) is 3.26. The van der Waals surface area contributed by atoms with Crippen LogP contribution in [0.5, 0.6) is 0 Å². The van der Waals surface area contributed by atoms with Crippen molar-refractivity contribution in [1.29, 1.82) is 0 Å². The van der Waals surface area contributed by atoms with E-state index < -0.39 is 10.0 Å². The average molecular weight is 455 g/mol. The van der Waals surface area contributed by atoms with Gasteiger partial charge in [-0.1, -0.05) is 42.6 Å². The molecule has 3 rings (SSSR count). The van der Waals surface area contributed by atoms with Crippen molar-refractivity contribution in [2.75, 3.05) is 7.05 Å². The second kappa shape index (κ2) is 9.02. The van der Waals surface area contributed by atoms with Crippen LogP contribution in [0.15, 0.2) is 41.3 Å². The smallest absolute Gasteiger partial charge is 0.238 e. The molecule has 0 fully saturated rings. The predicted molar refractivity (Wildman–Crippen MR) is 118 cm³/mol. The highest BCUT2D eigenvalue weighted by Crippen LogP contribution is 2.24. The van der Waals surface area contributed by atoms with Crippen molar-refractivity contribution in [2.45, 2.75) is 44.3 Å². The predicted octanol–water partition coefficient (Wildman–Crippen LogP) is 4.42. The molecule has 9 heteroatoms. The van der Waals surface area contributed by atoms with Gasteiger partial charge < -0.3 is 4.57 Å². The molecule has 0 spiro atoms. The highest BCUT2D eigenvalue weighted by molar-refractivity contribution is 7.89. The highest BCUT2D eigenvalue weighted by atomic mass is 35.5. The number of nitrogens with zero attached hydrogens (tertiary/aromatic N) is 3. The molecule has 3 aromatic rings. The number of benzene rings is 2. The topological polar surface area (TPSA) is 81.2 Å². The number of sulfonamides is 1. The van der Waals surface area contributed by atoms with Crippen molar-refractivity contribution in [3.8, 4) is 0 Å². The van der Waals surface area contributed by atoms with Crippen LogP contribution >= 0.6 is 23.2 Å². The Labute approximate surface area is 181 Å². The Bertz CT molecular complexity index is 1130. The highest BCUT2D eigenvalue weighted by Gasteiger charge is 2.16. The van der Waals surface area contributed by atoms with E-state index in [1.54, 1.807) is 12.1 Å². The Morgan fingerprint density at radius 3 is 2.55 bits per heavy atom. The molecule has 1 aromatic heterocycles. The third kappa shape index (κ3) is 5.29. The first-order chi connectivity index (χ1) is 13.7. The number of halogens is 2. The van der Waals surface area contributed by atoms with Crippen molar-refractivity contribution in [3.63, 3.8) is 0 Å². The van der Waals surface area contributed by atoms with E-state index in [-0.39, 0.29) is 4.90 Å². The molecule has 2 aromatic carbocycles. The number of aryl methyl sites for hydroxylation is 1. The number of nitrogens with two attached hydrogens (primary N) is 1. The van der Waals surface area contributed by atoms with E-state index in [2.05, 4.69) is 16.4 Å². The first-order valence-electron chi connectivity index (χ1n) is 9.33. The van der Waals surface area contributed by atoms with Gasteiger partial charge in [-0.3, -0.25) is 4.90 Å². The Kier molecular flexibility index (Phi) is 6.86. The number of imidazole rings is 1. The first kappa shape index (κ1) is 22.1. The molecule has 1 heterocycles. The second-order valence-electron chi connectivity index (χ2n) is 7.14. The number of hydrogen-bond acceptors (Lipinski definition) is 4. The van der Waals surface area contributed by atoms with Crippen LogP contribution in [0.3, 0.4) is 0 Å². The van der Waals surface area contributed by atoms with Gasteiger partial charge in [0.15, 0.2) is 0 Å². The number of unbranched alkanes of at least 4 members (excludes halogenated alkanes) is 1. The van der Waals surface area contributed by atoms with E-state index in [1.165, 1.54) is 12.1 Å². The molecule has 0 saturated carbocycles. The van der Waals surface area contributed by atoms with Crippen molar-refractivity contribution < 1.29 is 8.42 Å². The van der Waals surface area contributed by atoms with Crippen LogP contribution in [0.4, 0.5) is 0 Å². The normalized spacial score (nSPS) is 12.2. The zero-order valence-electron chi connectivity index (χ0n) is 16.4. The van der Waals surface area contributed by atoms with E-state index >= 15 is 0 Å². The molecular formula is C20H24Cl2N4O2S. The van der Waals surface area contributed by atoms with Crippen LogP contribution in [0.1, 0.15) is 31.2 Å². The fourth-order valence-corrected chi connectivity index (χ4v) is 4.26. The van der Waals surface area contributed by atoms with Crippen molar-refractivity contribution in [3.05, 3.63) is 57.8 Å². The van der Waals surface area contributed by atoms with Crippen LogP contribution < -0.4 is 5.14 Å². The maximum absolute atomic E-state index is 11.7. The molecule has 0 atom stereocenters. The number of rotatable bonds is 8. The summed E-state index contributed by atoms with van der Waals surface area (Å²) in [6, 6.07) is 10.3. The van der Waals surface area contributed by atoms with Gasteiger partial charge in [-0.05, 0) is 49.4 Å². The summed E-state index contributed by atoms with van der Waals surface area (Å²) in [6.07, 6.45) is 2.05. The summed E-state index contributed by atoms with van der Waals surface area (Å²) in [5.74, 6) is 0.868.